The second-order valence-electron chi connectivity index (χ2n) is 4.92. The molecule has 1 aromatic rings. The van der Waals surface area contributed by atoms with E-state index in [0.717, 1.165) is 49.0 Å². The van der Waals surface area contributed by atoms with Crippen LogP contribution < -0.4 is 10.6 Å². The first-order valence-electron chi connectivity index (χ1n) is 6.28. The molecule has 1 aliphatic rings. The van der Waals surface area contributed by atoms with Gasteiger partial charge in [-0.05, 0) is 56.1 Å². The Labute approximate surface area is 113 Å². The summed E-state index contributed by atoms with van der Waals surface area (Å²) < 4.78 is 0. The number of carbonyl (C=O) groups excluding carboxylic acids is 1. The Morgan fingerprint density at radius 1 is 1.39 bits per heavy atom. The molecule has 0 amide bonds. The van der Waals surface area contributed by atoms with Crippen LogP contribution in [0.15, 0.2) is 12.1 Å². The van der Waals surface area contributed by atoms with Gasteiger partial charge in [-0.15, -0.1) is 0 Å². The number of halogens is 1. The summed E-state index contributed by atoms with van der Waals surface area (Å²) in [5.74, 6) is 0. The Bertz CT molecular complexity index is 453. The van der Waals surface area contributed by atoms with Crippen molar-refractivity contribution in [3.8, 4) is 0 Å². The molecule has 0 spiro atoms. The van der Waals surface area contributed by atoms with Gasteiger partial charge in [-0.1, -0.05) is 11.6 Å². The zero-order chi connectivity index (χ0) is 13.2. The molecule has 1 aromatic carbocycles. The molecule has 0 unspecified atom stereocenters. The first-order chi connectivity index (χ1) is 8.63. The van der Waals surface area contributed by atoms with E-state index in [0.29, 0.717) is 5.02 Å². The summed E-state index contributed by atoms with van der Waals surface area (Å²) >= 11 is 6.16. The number of hydrogen-bond donors (Lipinski definition) is 2. The number of hydrogen-bond acceptors (Lipinski definition) is 3. The van der Waals surface area contributed by atoms with Crippen LogP contribution in [0, 0.1) is 6.92 Å². The minimum absolute atomic E-state index is 0.404. The minimum Gasteiger partial charge on any atom is -0.388 e. The van der Waals surface area contributed by atoms with Crippen LogP contribution in [0.4, 0.5) is 5.69 Å². The third-order valence-corrected chi connectivity index (χ3v) is 4.03. The Hall–Kier alpha value is -1.06. The van der Waals surface area contributed by atoms with Gasteiger partial charge in [-0.3, -0.25) is 0 Å². The van der Waals surface area contributed by atoms with Crippen LogP contribution >= 0.6 is 11.6 Å². The molecule has 1 saturated heterocycles. The average Bonchev–Trinajstić information content (AvgIpc) is 2.38. The van der Waals surface area contributed by atoms with Crippen molar-refractivity contribution in [1.29, 1.82) is 0 Å². The maximum Gasteiger partial charge on any atom is 0.130 e. The average molecular weight is 267 g/mol. The lowest BCUT2D eigenvalue weighted by molar-refractivity contribution is -0.113. The van der Waals surface area contributed by atoms with Crippen LogP contribution in [0.5, 0.6) is 0 Å². The molecule has 0 saturated carbocycles. The SMILES string of the molecule is CNc1c(C)cc(Cl)cc1C1(C=O)CCNCC1. The molecule has 98 valence electrons. The molecule has 4 heteroatoms. The lowest BCUT2D eigenvalue weighted by Crippen LogP contribution is -2.41. The van der Waals surface area contributed by atoms with Crippen molar-refractivity contribution < 1.29 is 4.79 Å². The molecular formula is C14H19ClN2O. The molecule has 18 heavy (non-hydrogen) atoms. The molecule has 1 aliphatic heterocycles. The maximum absolute atomic E-state index is 11.7. The van der Waals surface area contributed by atoms with Crippen molar-refractivity contribution >= 4 is 23.6 Å². The number of rotatable bonds is 3. The number of piperidine rings is 1. The molecule has 0 aliphatic carbocycles. The second kappa shape index (κ2) is 5.29. The van der Waals surface area contributed by atoms with E-state index < -0.39 is 5.41 Å². The van der Waals surface area contributed by atoms with Gasteiger partial charge in [0.1, 0.15) is 6.29 Å². The largest absolute Gasteiger partial charge is 0.388 e. The molecule has 2 rings (SSSR count). The molecular weight excluding hydrogens is 248 g/mol. The van der Waals surface area contributed by atoms with Crippen LogP contribution in [-0.4, -0.2) is 26.4 Å². The predicted octanol–water partition coefficient (Wildman–Crippen LogP) is 2.51. The molecule has 1 fully saturated rings. The second-order valence-corrected chi connectivity index (χ2v) is 5.36. The third-order valence-electron chi connectivity index (χ3n) is 3.81. The molecule has 0 aromatic heterocycles. The van der Waals surface area contributed by atoms with E-state index in [1.807, 2.05) is 26.1 Å². The van der Waals surface area contributed by atoms with E-state index >= 15 is 0 Å². The molecule has 3 nitrogen and oxygen atoms in total. The highest BCUT2D eigenvalue weighted by atomic mass is 35.5. The molecule has 0 bridgehead atoms. The number of benzene rings is 1. The molecule has 0 atom stereocenters. The van der Waals surface area contributed by atoms with Crippen LogP contribution in [-0.2, 0) is 10.2 Å². The highest BCUT2D eigenvalue weighted by Gasteiger charge is 2.36. The highest BCUT2D eigenvalue weighted by Crippen LogP contribution is 2.39. The van der Waals surface area contributed by atoms with Crippen molar-refractivity contribution in [3.05, 3.63) is 28.3 Å². The van der Waals surface area contributed by atoms with Gasteiger partial charge >= 0.3 is 0 Å². The smallest absolute Gasteiger partial charge is 0.130 e. The third kappa shape index (κ3) is 2.25. The van der Waals surface area contributed by atoms with E-state index in [9.17, 15) is 4.79 Å². The summed E-state index contributed by atoms with van der Waals surface area (Å²) in [6.45, 7) is 3.75. The monoisotopic (exact) mass is 266 g/mol. The number of aldehydes is 1. The van der Waals surface area contributed by atoms with Crippen LogP contribution in [0.1, 0.15) is 24.0 Å². The lowest BCUT2D eigenvalue weighted by Gasteiger charge is -2.35. The van der Waals surface area contributed by atoms with Crippen LogP contribution in [0.25, 0.3) is 0 Å². The Morgan fingerprint density at radius 3 is 2.61 bits per heavy atom. The summed E-state index contributed by atoms with van der Waals surface area (Å²) in [6.07, 6.45) is 2.75. The Balaban J connectivity index is 2.56. The van der Waals surface area contributed by atoms with Crippen molar-refractivity contribution in [1.82, 2.24) is 5.32 Å². The van der Waals surface area contributed by atoms with Gasteiger partial charge in [0.25, 0.3) is 0 Å². The predicted molar refractivity (Wildman–Crippen MR) is 75.6 cm³/mol. The van der Waals surface area contributed by atoms with Crippen molar-refractivity contribution in [2.24, 2.45) is 0 Å². The van der Waals surface area contributed by atoms with Gasteiger partial charge in [0.2, 0.25) is 0 Å². The van der Waals surface area contributed by atoms with Gasteiger partial charge < -0.3 is 15.4 Å². The van der Waals surface area contributed by atoms with Gasteiger partial charge in [-0.2, -0.15) is 0 Å². The first-order valence-corrected chi connectivity index (χ1v) is 6.66. The summed E-state index contributed by atoms with van der Waals surface area (Å²) in [5, 5.41) is 7.20. The normalized spacial score (nSPS) is 18.4. The van der Waals surface area contributed by atoms with E-state index in [-0.39, 0.29) is 0 Å². The van der Waals surface area contributed by atoms with Gasteiger partial charge in [-0.25, -0.2) is 0 Å². The summed E-state index contributed by atoms with van der Waals surface area (Å²) in [4.78, 5) is 11.7. The quantitative estimate of drug-likeness (QED) is 0.826. The minimum atomic E-state index is -0.404. The topological polar surface area (TPSA) is 41.1 Å². The standard InChI is InChI=1S/C14H19ClN2O/c1-10-7-11(15)8-12(13(10)16-2)14(9-18)3-5-17-6-4-14/h7-9,16-17H,3-6H2,1-2H3. The maximum atomic E-state index is 11.7. The highest BCUT2D eigenvalue weighted by molar-refractivity contribution is 6.30. The van der Waals surface area contributed by atoms with E-state index in [1.165, 1.54) is 0 Å². The van der Waals surface area contributed by atoms with E-state index in [1.54, 1.807) is 0 Å². The fraction of sp³-hybridized carbons (Fsp3) is 0.500. The molecule has 0 radical (unpaired) electrons. The number of nitrogens with one attached hydrogen (secondary N) is 2. The number of aryl methyl sites for hydroxylation is 1. The van der Waals surface area contributed by atoms with E-state index in [4.69, 9.17) is 11.6 Å². The summed E-state index contributed by atoms with van der Waals surface area (Å²) in [5.41, 5.74) is 2.75. The fourth-order valence-electron chi connectivity index (χ4n) is 2.79. The Kier molecular flexibility index (Phi) is 3.93. The summed E-state index contributed by atoms with van der Waals surface area (Å²) in [7, 11) is 1.89. The molecule has 2 N–H and O–H groups in total. The van der Waals surface area contributed by atoms with Gasteiger partial charge in [0.05, 0.1) is 5.41 Å². The molecule has 1 heterocycles. The van der Waals surface area contributed by atoms with Crippen molar-refractivity contribution in [2.45, 2.75) is 25.2 Å². The Morgan fingerprint density at radius 2 is 2.06 bits per heavy atom. The lowest BCUT2D eigenvalue weighted by atomic mass is 9.73. The van der Waals surface area contributed by atoms with E-state index in [2.05, 4.69) is 10.6 Å². The van der Waals surface area contributed by atoms with Gasteiger partial charge in [0.15, 0.2) is 0 Å². The number of anilines is 1. The van der Waals surface area contributed by atoms with Crippen molar-refractivity contribution in [2.75, 3.05) is 25.5 Å². The van der Waals surface area contributed by atoms with Crippen molar-refractivity contribution in [3.63, 3.8) is 0 Å². The fourth-order valence-corrected chi connectivity index (χ4v) is 3.06. The van der Waals surface area contributed by atoms with Gasteiger partial charge in [0, 0.05) is 17.8 Å². The zero-order valence-corrected chi connectivity index (χ0v) is 11.6. The number of carbonyl (C=O) groups is 1. The van der Waals surface area contributed by atoms with Crippen LogP contribution in [0.3, 0.4) is 0 Å². The summed E-state index contributed by atoms with van der Waals surface area (Å²) in [6, 6.07) is 3.86. The zero-order valence-electron chi connectivity index (χ0n) is 10.8. The first kappa shape index (κ1) is 13.4. The van der Waals surface area contributed by atoms with Crippen LogP contribution in [0.2, 0.25) is 5.02 Å².